The normalized spacial score (nSPS) is 23.5. The Bertz CT molecular complexity index is 661. The number of benzene rings is 1. The van der Waals surface area contributed by atoms with Crippen molar-refractivity contribution in [2.24, 2.45) is 5.92 Å². The van der Waals surface area contributed by atoms with Crippen LogP contribution in [0, 0.1) is 5.92 Å². The lowest BCUT2D eigenvalue weighted by Gasteiger charge is -2.36. The second kappa shape index (κ2) is 5.53. The van der Waals surface area contributed by atoms with E-state index in [2.05, 4.69) is 18.7 Å². The highest BCUT2D eigenvalue weighted by atomic mass is 16.4. The Kier molecular flexibility index (Phi) is 3.72. The number of piperidine rings is 1. The standard InChI is InChI=1S/C17H21NO3/c1-11-5-6-18(12(2)7-11)10-13-3-4-15-14(8-13)9-16(21-15)17(19)20/h3-4,8-9,11-12H,5-7,10H2,1-2H3,(H,19,20). The number of carbonyl (C=O) groups is 1. The van der Waals surface area contributed by atoms with Crippen molar-refractivity contribution in [1.82, 2.24) is 4.90 Å². The summed E-state index contributed by atoms with van der Waals surface area (Å²) >= 11 is 0. The lowest BCUT2D eigenvalue weighted by molar-refractivity contribution is 0.0665. The van der Waals surface area contributed by atoms with Crippen molar-refractivity contribution in [3.63, 3.8) is 0 Å². The van der Waals surface area contributed by atoms with Crippen LogP contribution >= 0.6 is 0 Å². The topological polar surface area (TPSA) is 53.7 Å². The van der Waals surface area contributed by atoms with Crippen LogP contribution in [0.1, 0.15) is 42.8 Å². The molecule has 1 N–H and O–H groups in total. The number of fused-ring (bicyclic) bond motifs is 1. The molecule has 21 heavy (non-hydrogen) atoms. The number of carboxylic acids is 1. The van der Waals surface area contributed by atoms with Crippen molar-refractivity contribution >= 4 is 16.9 Å². The maximum absolute atomic E-state index is 10.9. The van der Waals surface area contributed by atoms with Gasteiger partial charge in [-0.3, -0.25) is 4.90 Å². The van der Waals surface area contributed by atoms with Gasteiger partial charge in [0, 0.05) is 18.0 Å². The lowest BCUT2D eigenvalue weighted by Crippen LogP contribution is -2.39. The molecule has 0 amide bonds. The van der Waals surface area contributed by atoms with Crippen molar-refractivity contribution < 1.29 is 14.3 Å². The maximum Gasteiger partial charge on any atom is 0.371 e. The van der Waals surface area contributed by atoms with Gasteiger partial charge in [-0.25, -0.2) is 4.79 Å². The molecule has 2 heterocycles. The Morgan fingerprint density at radius 2 is 2.19 bits per heavy atom. The first kappa shape index (κ1) is 14.1. The van der Waals surface area contributed by atoms with E-state index in [1.54, 1.807) is 6.07 Å². The summed E-state index contributed by atoms with van der Waals surface area (Å²) in [5.41, 5.74) is 1.85. The summed E-state index contributed by atoms with van der Waals surface area (Å²) in [5, 5.41) is 9.84. The second-order valence-electron chi connectivity index (χ2n) is 6.24. The van der Waals surface area contributed by atoms with Crippen LogP contribution in [-0.4, -0.2) is 28.6 Å². The number of nitrogens with zero attached hydrogens (tertiary/aromatic N) is 1. The second-order valence-corrected chi connectivity index (χ2v) is 6.24. The van der Waals surface area contributed by atoms with Crippen molar-refractivity contribution in [3.05, 3.63) is 35.6 Å². The van der Waals surface area contributed by atoms with Crippen LogP contribution in [0.25, 0.3) is 11.0 Å². The third-order valence-electron chi connectivity index (χ3n) is 4.45. The van der Waals surface area contributed by atoms with Crippen LogP contribution in [0.4, 0.5) is 0 Å². The van der Waals surface area contributed by atoms with E-state index in [-0.39, 0.29) is 5.76 Å². The van der Waals surface area contributed by atoms with Gasteiger partial charge in [-0.05, 0) is 56.0 Å². The summed E-state index contributed by atoms with van der Waals surface area (Å²) in [5.74, 6) is -0.209. The third-order valence-corrected chi connectivity index (χ3v) is 4.45. The van der Waals surface area contributed by atoms with Crippen molar-refractivity contribution in [1.29, 1.82) is 0 Å². The minimum Gasteiger partial charge on any atom is -0.475 e. The van der Waals surface area contributed by atoms with Gasteiger partial charge in [-0.15, -0.1) is 0 Å². The van der Waals surface area contributed by atoms with E-state index >= 15 is 0 Å². The first-order chi connectivity index (χ1) is 10.0. The number of hydrogen-bond acceptors (Lipinski definition) is 3. The number of hydrogen-bond donors (Lipinski definition) is 1. The molecule has 2 atom stereocenters. The Balaban J connectivity index is 1.79. The van der Waals surface area contributed by atoms with E-state index in [4.69, 9.17) is 9.52 Å². The monoisotopic (exact) mass is 287 g/mol. The molecule has 1 fully saturated rings. The van der Waals surface area contributed by atoms with E-state index in [0.717, 1.165) is 24.4 Å². The van der Waals surface area contributed by atoms with Gasteiger partial charge in [0.1, 0.15) is 5.58 Å². The first-order valence-electron chi connectivity index (χ1n) is 7.53. The SMILES string of the molecule is CC1CCN(Cc2ccc3oc(C(=O)O)cc3c2)C(C)C1. The molecule has 112 valence electrons. The number of furan rings is 1. The Morgan fingerprint density at radius 1 is 1.38 bits per heavy atom. The predicted molar refractivity (Wildman–Crippen MR) is 81.4 cm³/mol. The summed E-state index contributed by atoms with van der Waals surface area (Å²) in [6, 6.07) is 8.14. The zero-order valence-corrected chi connectivity index (χ0v) is 12.5. The minimum atomic E-state index is -1.02. The molecule has 4 heteroatoms. The van der Waals surface area contributed by atoms with Crippen molar-refractivity contribution in [2.75, 3.05) is 6.54 Å². The third kappa shape index (κ3) is 2.95. The van der Waals surface area contributed by atoms with Gasteiger partial charge in [0.15, 0.2) is 0 Å². The van der Waals surface area contributed by atoms with E-state index in [1.807, 2.05) is 18.2 Å². The molecule has 1 aliphatic heterocycles. The van der Waals surface area contributed by atoms with E-state index in [0.29, 0.717) is 11.6 Å². The molecule has 1 aromatic carbocycles. The number of aromatic carboxylic acids is 1. The van der Waals surface area contributed by atoms with Crippen LogP contribution in [-0.2, 0) is 6.54 Å². The molecule has 0 saturated carbocycles. The van der Waals surface area contributed by atoms with Crippen LogP contribution in [0.2, 0.25) is 0 Å². The average molecular weight is 287 g/mol. The fourth-order valence-corrected chi connectivity index (χ4v) is 3.22. The largest absolute Gasteiger partial charge is 0.475 e. The fraction of sp³-hybridized carbons (Fsp3) is 0.471. The highest BCUT2D eigenvalue weighted by Gasteiger charge is 2.22. The Labute approximate surface area is 124 Å². The Hall–Kier alpha value is -1.81. The molecule has 3 rings (SSSR count). The molecule has 2 unspecified atom stereocenters. The summed E-state index contributed by atoms with van der Waals surface area (Å²) in [7, 11) is 0. The molecule has 1 aromatic heterocycles. The molecular formula is C17H21NO3. The van der Waals surface area contributed by atoms with Crippen LogP contribution in [0.3, 0.4) is 0 Å². The number of carboxylic acid groups (broad SMARTS) is 1. The van der Waals surface area contributed by atoms with Crippen molar-refractivity contribution in [2.45, 2.75) is 39.3 Å². The van der Waals surface area contributed by atoms with E-state index in [1.165, 1.54) is 18.4 Å². The van der Waals surface area contributed by atoms with E-state index in [9.17, 15) is 4.79 Å². The van der Waals surface area contributed by atoms with Gasteiger partial charge < -0.3 is 9.52 Å². The molecule has 0 aliphatic carbocycles. The van der Waals surface area contributed by atoms with Crippen LogP contribution in [0.5, 0.6) is 0 Å². The lowest BCUT2D eigenvalue weighted by atomic mass is 9.93. The number of likely N-dealkylation sites (tertiary alicyclic amines) is 1. The molecule has 2 aromatic rings. The van der Waals surface area contributed by atoms with Crippen molar-refractivity contribution in [3.8, 4) is 0 Å². The zero-order chi connectivity index (χ0) is 15.0. The molecule has 1 aliphatic rings. The highest BCUT2D eigenvalue weighted by Crippen LogP contribution is 2.26. The smallest absolute Gasteiger partial charge is 0.371 e. The van der Waals surface area contributed by atoms with E-state index < -0.39 is 5.97 Å². The maximum atomic E-state index is 10.9. The molecule has 4 nitrogen and oxygen atoms in total. The summed E-state index contributed by atoms with van der Waals surface area (Å²) in [6.45, 7) is 6.65. The Morgan fingerprint density at radius 3 is 2.90 bits per heavy atom. The fourth-order valence-electron chi connectivity index (χ4n) is 3.22. The zero-order valence-electron chi connectivity index (χ0n) is 12.5. The molecule has 0 radical (unpaired) electrons. The van der Waals surface area contributed by atoms with Crippen LogP contribution < -0.4 is 0 Å². The molecule has 1 saturated heterocycles. The molecule has 0 spiro atoms. The quantitative estimate of drug-likeness (QED) is 0.934. The van der Waals surface area contributed by atoms with Gasteiger partial charge in [-0.1, -0.05) is 13.0 Å². The van der Waals surface area contributed by atoms with Gasteiger partial charge in [-0.2, -0.15) is 0 Å². The van der Waals surface area contributed by atoms with Gasteiger partial charge >= 0.3 is 5.97 Å². The van der Waals surface area contributed by atoms with Gasteiger partial charge in [0.2, 0.25) is 5.76 Å². The summed E-state index contributed by atoms with van der Waals surface area (Å²) in [6.07, 6.45) is 2.50. The van der Waals surface area contributed by atoms with Gasteiger partial charge in [0.25, 0.3) is 0 Å². The summed E-state index contributed by atoms with van der Waals surface area (Å²) < 4.78 is 5.30. The molecular weight excluding hydrogens is 266 g/mol. The first-order valence-corrected chi connectivity index (χ1v) is 7.53. The van der Waals surface area contributed by atoms with Gasteiger partial charge in [0.05, 0.1) is 0 Å². The number of rotatable bonds is 3. The van der Waals surface area contributed by atoms with Crippen LogP contribution in [0.15, 0.2) is 28.7 Å². The highest BCUT2D eigenvalue weighted by molar-refractivity contribution is 5.91. The minimum absolute atomic E-state index is 0.00214. The average Bonchev–Trinajstić information content (AvgIpc) is 2.85. The predicted octanol–water partition coefficient (Wildman–Crippen LogP) is 3.75. The molecule has 0 bridgehead atoms. The summed E-state index contributed by atoms with van der Waals surface area (Å²) in [4.78, 5) is 13.4.